The summed E-state index contributed by atoms with van der Waals surface area (Å²) in [6, 6.07) is 6.50. The highest BCUT2D eigenvalue weighted by Gasteiger charge is 2.23. The summed E-state index contributed by atoms with van der Waals surface area (Å²) in [5.41, 5.74) is 7.50. The Morgan fingerprint density at radius 1 is 1.20 bits per heavy atom. The molecule has 5 nitrogen and oxygen atoms in total. The molecule has 1 aromatic carbocycles. The van der Waals surface area contributed by atoms with E-state index in [1.807, 2.05) is 36.4 Å². The number of ether oxygens (including phenoxy) is 1. The third-order valence-corrected chi connectivity index (χ3v) is 4.85. The maximum Gasteiger partial charge on any atom is 0.282 e. The number of hydrazine groups is 1. The fraction of sp³-hybridized carbons (Fsp3) is 0.421. The molecule has 6 heteroatoms. The number of aromatic nitrogens is 1. The molecular formula is C19H24FN3O2. The minimum atomic E-state index is -0.268. The summed E-state index contributed by atoms with van der Waals surface area (Å²) in [7, 11) is 0. The van der Waals surface area contributed by atoms with Crippen molar-refractivity contribution >= 4 is 5.91 Å². The molecule has 134 valence electrons. The molecule has 0 saturated carbocycles. The minimum absolute atomic E-state index is 0.132. The average molecular weight is 345 g/mol. The molecule has 25 heavy (non-hydrogen) atoms. The molecule has 1 amide bonds. The quantitative estimate of drug-likeness (QED) is 0.926. The van der Waals surface area contributed by atoms with Gasteiger partial charge in [-0.2, -0.15) is 0 Å². The fourth-order valence-corrected chi connectivity index (χ4v) is 3.20. The summed E-state index contributed by atoms with van der Waals surface area (Å²) in [5.74, 6) is -0.401. The molecule has 0 aliphatic carbocycles. The number of amides is 1. The average Bonchev–Trinajstić information content (AvgIpc) is 2.80. The Hall–Kier alpha value is -2.18. The van der Waals surface area contributed by atoms with E-state index in [0.29, 0.717) is 38.5 Å². The molecule has 1 N–H and O–H groups in total. The maximum absolute atomic E-state index is 13.5. The van der Waals surface area contributed by atoms with Gasteiger partial charge in [0, 0.05) is 25.3 Å². The Labute approximate surface area is 147 Å². The first-order chi connectivity index (χ1) is 12.0. The lowest BCUT2D eigenvalue weighted by molar-refractivity contribution is 0.0123. The highest BCUT2D eigenvalue weighted by molar-refractivity contribution is 5.94. The molecule has 1 saturated heterocycles. The van der Waals surface area contributed by atoms with Crippen LogP contribution in [0.5, 0.6) is 0 Å². The monoisotopic (exact) mass is 345 g/mol. The van der Waals surface area contributed by atoms with Crippen molar-refractivity contribution in [3.8, 4) is 0 Å². The van der Waals surface area contributed by atoms with Crippen LogP contribution in [0, 0.1) is 26.6 Å². The fourth-order valence-electron chi connectivity index (χ4n) is 3.20. The number of hydrogen-bond donors (Lipinski definition) is 1. The van der Waals surface area contributed by atoms with Gasteiger partial charge in [0.2, 0.25) is 0 Å². The topological polar surface area (TPSA) is 46.5 Å². The van der Waals surface area contributed by atoms with Crippen LogP contribution in [0.1, 0.15) is 32.9 Å². The van der Waals surface area contributed by atoms with Gasteiger partial charge < -0.3 is 9.30 Å². The van der Waals surface area contributed by atoms with E-state index in [0.717, 1.165) is 22.4 Å². The van der Waals surface area contributed by atoms with Crippen molar-refractivity contribution in [1.29, 1.82) is 0 Å². The Kier molecular flexibility index (Phi) is 5.20. The SMILES string of the molecule is Cc1c(C)c(C(=O)NN2CCOCC2)n(Cc2cccc(F)c2)c1C. The molecule has 1 fully saturated rings. The molecule has 0 spiro atoms. The summed E-state index contributed by atoms with van der Waals surface area (Å²) < 4.78 is 20.8. The maximum atomic E-state index is 13.5. The number of nitrogens with one attached hydrogen (secondary N) is 1. The van der Waals surface area contributed by atoms with Crippen molar-refractivity contribution in [1.82, 2.24) is 15.0 Å². The summed E-state index contributed by atoms with van der Waals surface area (Å²) in [6.07, 6.45) is 0. The Balaban J connectivity index is 1.89. The first-order valence-corrected chi connectivity index (χ1v) is 8.51. The van der Waals surface area contributed by atoms with Crippen LogP contribution in [-0.2, 0) is 11.3 Å². The molecule has 2 aromatic rings. The predicted molar refractivity (Wildman–Crippen MR) is 94.0 cm³/mol. The van der Waals surface area contributed by atoms with Gasteiger partial charge in [0.1, 0.15) is 11.5 Å². The van der Waals surface area contributed by atoms with Gasteiger partial charge in [0.05, 0.1) is 13.2 Å². The molecule has 3 rings (SSSR count). The van der Waals surface area contributed by atoms with Crippen LogP contribution < -0.4 is 5.43 Å². The lowest BCUT2D eigenvalue weighted by Crippen LogP contribution is -2.48. The molecule has 2 heterocycles. The Morgan fingerprint density at radius 2 is 1.92 bits per heavy atom. The second-order valence-corrected chi connectivity index (χ2v) is 6.44. The lowest BCUT2D eigenvalue weighted by Gasteiger charge is -2.27. The van der Waals surface area contributed by atoms with E-state index >= 15 is 0 Å². The smallest absolute Gasteiger partial charge is 0.282 e. The van der Waals surface area contributed by atoms with Crippen LogP contribution in [0.25, 0.3) is 0 Å². The molecule has 1 aliphatic rings. The molecule has 1 aliphatic heterocycles. The minimum Gasteiger partial charge on any atom is -0.379 e. The normalized spacial score (nSPS) is 15.4. The van der Waals surface area contributed by atoms with Crippen LogP contribution in [0.2, 0.25) is 0 Å². The first-order valence-electron chi connectivity index (χ1n) is 8.51. The number of carbonyl (C=O) groups is 1. The van der Waals surface area contributed by atoms with Gasteiger partial charge in [-0.25, -0.2) is 9.40 Å². The largest absolute Gasteiger partial charge is 0.379 e. The second-order valence-electron chi connectivity index (χ2n) is 6.44. The summed E-state index contributed by atoms with van der Waals surface area (Å²) >= 11 is 0. The van der Waals surface area contributed by atoms with Crippen LogP contribution in [0.3, 0.4) is 0 Å². The molecule has 0 radical (unpaired) electrons. The van der Waals surface area contributed by atoms with E-state index in [-0.39, 0.29) is 11.7 Å². The second kappa shape index (κ2) is 7.37. The van der Waals surface area contributed by atoms with Crippen molar-refractivity contribution < 1.29 is 13.9 Å². The zero-order valence-corrected chi connectivity index (χ0v) is 14.9. The van der Waals surface area contributed by atoms with E-state index < -0.39 is 0 Å². The van der Waals surface area contributed by atoms with E-state index in [4.69, 9.17) is 4.74 Å². The van der Waals surface area contributed by atoms with Gasteiger partial charge in [-0.15, -0.1) is 0 Å². The van der Waals surface area contributed by atoms with Gasteiger partial charge >= 0.3 is 0 Å². The molecular weight excluding hydrogens is 321 g/mol. The first kappa shape index (κ1) is 17.6. The van der Waals surface area contributed by atoms with Crippen molar-refractivity contribution in [2.45, 2.75) is 27.3 Å². The number of morpholine rings is 1. The predicted octanol–water partition coefficient (Wildman–Crippen LogP) is 2.58. The van der Waals surface area contributed by atoms with E-state index in [1.54, 1.807) is 6.07 Å². The lowest BCUT2D eigenvalue weighted by atomic mass is 10.1. The Morgan fingerprint density at radius 3 is 2.60 bits per heavy atom. The Bertz CT molecular complexity index is 779. The van der Waals surface area contributed by atoms with Gasteiger partial charge in [-0.05, 0) is 49.6 Å². The number of halogens is 1. The summed E-state index contributed by atoms with van der Waals surface area (Å²) in [4.78, 5) is 12.9. The van der Waals surface area contributed by atoms with E-state index in [2.05, 4.69) is 5.43 Å². The molecule has 0 unspecified atom stereocenters. The van der Waals surface area contributed by atoms with Crippen LogP contribution in [0.15, 0.2) is 24.3 Å². The van der Waals surface area contributed by atoms with Crippen molar-refractivity contribution in [3.63, 3.8) is 0 Å². The number of hydrogen-bond acceptors (Lipinski definition) is 3. The number of benzene rings is 1. The molecule has 1 aromatic heterocycles. The third kappa shape index (κ3) is 3.75. The van der Waals surface area contributed by atoms with Gasteiger partial charge in [0.15, 0.2) is 0 Å². The number of rotatable bonds is 4. The third-order valence-electron chi connectivity index (χ3n) is 4.85. The number of carbonyl (C=O) groups excluding carboxylic acids is 1. The van der Waals surface area contributed by atoms with E-state index in [1.165, 1.54) is 12.1 Å². The van der Waals surface area contributed by atoms with E-state index in [9.17, 15) is 9.18 Å². The van der Waals surface area contributed by atoms with Crippen molar-refractivity contribution in [3.05, 3.63) is 58.2 Å². The van der Waals surface area contributed by atoms with Crippen LogP contribution >= 0.6 is 0 Å². The summed E-state index contributed by atoms with van der Waals surface area (Å²) in [5, 5.41) is 1.88. The van der Waals surface area contributed by atoms with Gasteiger partial charge in [0.25, 0.3) is 5.91 Å². The molecule has 0 bridgehead atoms. The highest BCUT2D eigenvalue weighted by Crippen LogP contribution is 2.23. The zero-order chi connectivity index (χ0) is 18.0. The van der Waals surface area contributed by atoms with Crippen molar-refractivity contribution in [2.24, 2.45) is 0 Å². The molecule has 0 atom stereocenters. The van der Waals surface area contributed by atoms with Crippen molar-refractivity contribution in [2.75, 3.05) is 26.3 Å². The zero-order valence-electron chi connectivity index (χ0n) is 14.9. The standard InChI is InChI=1S/C19H24FN3O2/c1-13-14(2)18(19(24)21-22-7-9-25-10-8-22)23(15(13)3)12-16-5-4-6-17(20)11-16/h4-6,11H,7-10,12H2,1-3H3,(H,21,24). The van der Waals surface area contributed by atoms with Gasteiger partial charge in [-0.1, -0.05) is 12.1 Å². The van der Waals surface area contributed by atoms with Crippen LogP contribution in [-0.4, -0.2) is 41.8 Å². The highest BCUT2D eigenvalue weighted by atomic mass is 19.1. The van der Waals surface area contributed by atoms with Crippen LogP contribution in [0.4, 0.5) is 4.39 Å². The summed E-state index contributed by atoms with van der Waals surface area (Å²) in [6.45, 7) is 9.00. The number of nitrogens with zero attached hydrogens (tertiary/aromatic N) is 2. The van der Waals surface area contributed by atoms with Gasteiger partial charge in [-0.3, -0.25) is 10.2 Å².